The predicted molar refractivity (Wildman–Crippen MR) is 80.6 cm³/mol. The van der Waals surface area contributed by atoms with Gasteiger partial charge in [-0.05, 0) is 18.2 Å². The Morgan fingerprint density at radius 3 is 2.48 bits per heavy atom. The van der Waals surface area contributed by atoms with Crippen LogP contribution in [0.25, 0.3) is 5.82 Å². The number of carbonyl (C=O) groups is 1. The second-order valence-corrected chi connectivity index (χ2v) is 5.14. The van der Waals surface area contributed by atoms with E-state index in [2.05, 4.69) is 15.3 Å². The summed E-state index contributed by atoms with van der Waals surface area (Å²) < 4.78 is 44.1. The molecule has 1 aromatic carbocycles. The molecule has 6 nitrogen and oxygen atoms in total. The zero-order chi connectivity index (χ0) is 18.0. The lowest BCUT2D eigenvalue weighted by Gasteiger charge is -2.09. The Kier molecular flexibility index (Phi) is 4.41. The van der Waals surface area contributed by atoms with Crippen LogP contribution in [0, 0.1) is 0 Å². The summed E-state index contributed by atoms with van der Waals surface area (Å²) >= 11 is 5.74. The van der Waals surface area contributed by atoms with Crippen LogP contribution in [0.1, 0.15) is 16.1 Å². The quantitative estimate of drug-likeness (QED) is 0.661. The fourth-order valence-corrected chi connectivity index (χ4v) is 2.04. The van der Waals surface area contributed by atoms with Crippen molar-refractivity contribution in [2.75, 3.05) is 0 Å². The molecule has 0 fully saturated rings. The van der Waals surface area contributed by atoms with Crippen LogP contribution in [-0.2, 0) is 6.18 Å². The molecular formula is C15H8ClF3N4O2. The summed E-state index contributed by atoms with van der Waals surface area (Å²) in [6, 6.07) is 9.97. The molecular weight excluding hydrogens is 361 g/mol. The molecule has 128 valence electrons. The van der Waals surface area contributed by atoms with Gasteiger partial charge in [0, 0.05) is 12.3 Å². The molecule has 0 saturated carbocycles. The monoisotopic (exact) mass is 368 g/mol. The third kappa shape index (κ3) is 3.77. The molecule has 0 spiro atoms. The van der Waals surface area contributed by atoms with Gasteiger partial charge < -0.3 is 4.74 Å². The van der Waals surface area contributed by atoms with E-state index in [0.717, 1.165) is 16.9 Å². The van der Waals surface area contributed by atoms with E-state index in [1.807, 2.05) is 0 Å². The highest BCUT2D eigenvalue weighted by atomic mass is 35.5. The van der Waals surface area contributed by atoms with E-state index >= 15 is 0 Å². The van der Waals surface area contributed by atoms with Crippen LogP contribution in [-0.4, -0.2) is 25.9 Å². The minimum absolute atomic E-state index is 0.0946. The summed E-state index contributed by atoms with van der Waals surface area (Å²) in [5, 5.41) is 10.5. The number of hydrogen-bond donors (Lipinski definition) is 0. The SMILES string of the molecule is O=C(Oc1cc(Cl)nnc1-n1ccc(C(F)(F)F)n1)c1ccccc1. The lowest BCUT2D eigenvalue weighted by atomic mass is 10.2. The van der Waals surface area contributed by atoms with Gasteiger partial charge in [-0.25, -0.2) is 9.48 Å². The molecule has 0 aliphatic rings. The van der Waals surface area contributed by atoms with E-state index in [1.165, 1.54) is 18.2 Å². The molecule has 3 rings (SSSR count). The van der Waals surface area contributed by atoms with Crippen LogP contribution in [0.5, 0.6) is 5.75 Å². The fraction of sp³-hybridized carbons (Fsp3) is 0.0667. The molecule has 10 heteroatoms. The molecule has 0 N–H and O–H groups in total. The topological polar surface area (TPSA) is 69.9 Å². The second-order valence-electron chi connectivity index (χ2n) is 4.75. The van der Waals surface area contributed by atoms with Crippen molar-refractivity contribution in [2.45, 2.75) is 6.18 Å². The van der Waals surface area contributed by atoms with Gasteiger partial charge in [0.2, 0.25) is 5.82 Å². The van der Waals surface area contributed by atoms with E-state index < -0.39 is 17.8 Å². The number of hydrogen-bond acceptors (Lipinski definition) is 5. The van der Waals surface area contributed by atoms with Crippen molar-refractivity contribution in [3.05, 3.63) is 65.1 Å². The van der Waals surface area contributed by atoms with Crippen LogP contribution in [0.15, 0.2) is 48.7 Å². The van der Waals surface area contributed by atoms with Crippen LogP contribution in [0.2, 0.25) is 5.15 Å². The van der Waals surface area contributed by atoms with Crippen molar-refractivity contribution >= 4 is 17.6 Å². The number of aromatic nitrogens is 4. The Morgan fingerprint density at radius 2 is 1.84 bits per heavy atom. The van der Waals surface area contributed by atoms with E-state index in [4.69, 9.17) is 16.3 Å². The molecule has 0 amide bonds. The van der Waals surface area contributed by atoms with Crippen LogP contribution in [0.4, 0.5) is 13.2 Å². The number of ether oxygens (including phenoxy) is 1. The van der Waals surface area contributed by atoms with Crippen molar-refractivity contribution in [1.82, 2.24) is 20.0 Å². The number of halogens is 4. The number of esters is 1. The van der Waals surface area contributed by atoms with Gasteiger partial charge in [0.1, 0.15) is 0 Å². The minimum Gasteiger partial charge on any atom is -0.419 e. The third-order valence-corrected chi connectivity index (χ3v) is 3.20. The van der Waals surface area contributed by atoms with Crippen LogP contribution in [0.3, 0.4) is 0 Å². The summed E-state index contributed by atoms with van der Waals surface area (Å²) in [7, 11) is 0. The zero-order valence-electron chi connectivity index (χ0n) is 12.2. The molecule has 0 aliphatic carbocycles. The maximum atomic E-state index is 12.7. The molecule has 2 heterocycles. The van der Waals surface area contributed by atoms with Crippen molar-refractivity contribution in [3.63, 3.8) is 0 Å². The van der Waals surface area contributed by atoms with Gasteiger partial charge >= 0.3 is 12.1 Å². The molecule has 0 unspecified atom stereocenters. The van der Waals surface area contributed by atoms with Gasteiger partial charge in [0.25, 0.3) is 0 Å². The van der Waals surface area contributed by atoms with Crippen LogP contribution >= 0.6 is 11.6 Å². The number of benzene rings is 1. The summed E-state index contributed by atoms with van der Waals surface area (Å²) in [6.07, 6.45) is -3.59. The average molecular weight is 369 g/mol. The van der Waals surface area contributed by atoms with Gasteiger partial charge in [-0.15, -0.1) is 10.2 Å². The van der Waals surface area contributed by atoms with Gasteiger partial charge in [-0.1, -0.05) is 29.8 Å². The highest BCUT2D eigenvalue weighted by molar-refractivity contribution is 6.29. The maximum absolute atomic E-state index is 12.7. The molecule has 3 aromatic rings. The van der Waals surface area contributed by atoms with Crippen LogP contribution < -0.4 is 4.74 Å². The Hall–Kier alpha value is -2.94. The minimum atomic E-state index is -4.62. The Balaban J connectivity index is 1.96. The van der Waals surface area contributed by atoms with Gasteiger partial charge in [0.15, 0.2) is 16.6 Å². The maximum Gasteiger partial charge on any atom is 0.435 e. The smallest absolute Gasteiger partial charge is 0.419 e. The standard InChI is InChI=1S/C15H8ClF3N4O2/c16-12-8-10(25-14(24)9-4-2-1-3-5-9)13(21-20-12)23-7-6-11(22-23)15(17,18)19/h1-8H. The van der Waals surface area contributed by atoms with Crippen molar-refractivity contribution in [1.29, 1.82) is 0 Å². The Bertz CT molecular complexity index is 913. The van der Waals surface area contributed by atoms with Gasteiger partial charge in [-0.2, -0.15) is 18.3 Å². The Morgan fingerprint density at radius 1 is 1.12 bits per heavy atom. The molecule has 0 radical (unpaired) electrons. The first-order valence-corrected chi connectivity index (χ1v) is 7.16. The zero-order valence-corrected chi connectivity index (χ0v) is 13.0. The summed E-state index contributed by atoms with van der Waals surface area (Å²) in [5.74, 6) is -1.11. The largest absolute Gasteiger partial charge is 0.435 e. The lowest BCUT2D eigenvalue weighted by molar-refractivity contribution is -0.141. The summed E-state index contributed by atoms with van der Waals surface area (Å²) in [6.45, 7) is 0. The molecule has 2 aromatic heterocycles. The van der Waals surface area contributed by atoms with E-state index in [-0.39, 0.29) is 22.3 Å². The fourth-order valence-electron chi connectivity index (χ4n) is 1.91. The lowest BCUT2D eigenvalue weighted by Crippen LogP contribution is -2.13. The van der Waals surface area contributed by atoms with Crippen molar-refractivity contribution < 1.29 is 22.7 Å². The molecule has 0 saturated heterocycles. The number of nitrogens with zero attached hydrogens (tertiary/aromatic N) is 4. The molecule has 25 heavy (non-hydrogen) atoms. The Labute approximate surface area is 143 Å². The molecule has 0 aliphatic heterocycles. The number of carbonyl (C=O) groups excluding carboxylic acids is 1. The normalized spacial score (nSPS) is 11.4. The van der Waals surface area contributed by atoms with E-state index in [0.29, 0.717) is 0 Å². The first kappa shape index (κ1) is 16.9. The number of alkyl halides is 3. The summed E-state index contributed by atoms with van der Waals surface area (Å²) in [5.41, 5.74) is -0.873. The summed E-state index contributed by atoms with van der Waals surface area (Å²) in [4.78, 5) is 12.2. The third-order valence-electron chi connectivity index (χ3n) is 3.02. The van der Waals surface area contributed by atoms with E-state index in [9.17, 15) is 18.0 Å². The first-order valence-electron chi connectivity index (χ1n) is 6.78. The van der Waals surface area contributed by atoms with E-state index in [1.54, 1.807) is 18.2 Å². The van der Waals surface area contributed by atoms with Crippen molar-refractivity contribution in [2.24, 2.45) is 0 Å². The van der Waals surface area contributed by atoms with Crippen molar-refractivity contribution in [3.8, 4) is 11.6 Å². The predicted octanol–water partition coefficient (Wildman–Crippen LogP) is 3.55. The van der Waals surface area contributed by atoms with Gasteiger partial charge in [0.05, 0.1) is 5.56 Å². The average Bonchev–Trinajstić information content (AvgIpc) is 3.06. The highest BCUT2D eigenvalue weighted by Crippen LogP contribution is 2.29. The second kappa shape index (κ2) is 6.52. The molecule has 0 atom stereocenters. The number of rotatable bonds is 3. The van der Waals surface area contributed by atoms with Gasteiger partial charge in [-0.3, -0.25) is 0 Å². The first-order chi connectivity index (χ1) is 11.8. The molecule has 0 bridgehead atoms. The highest BCUT2D eigenvalue weighted by Gasteiger charge is 2.34.